The lowest BCUT2D eigenvalue weighted by molar-refractivity contribution is 0.802. The minimum atomic E-state index is 0.507. The van der Waals surface area contributed by atoms with Crippen molar-refractivity contribution >= 4 is 30.1 Å². The van der Waals surface area contributed by atoms with Crippen molar-refractivity contribution in [3.8, 4) is 0 Å². The standard InChI is InChI=1S/C9H11IN2S/c1-7(11)12-6-8-3-2-4-9(5-8)13-10/h2-5,12H,1,6,11H2. The average molecular weight is 306 g/mol. The summed E-state index contributed by atoms with van der Waals surface area (Å²) in [5, 5.41) is 2.98. The van der Waals surface area contributed by atoms with E-state index in [1.165, 1.54) is 10.5 Å². The second-order valence-corrected chi connectivity index (χ2v) is 4.55. The van der Waals surface area contributed by atoms with Crippen LogP contribution in [0, 0.1) is 0 Å². The monoisotopic (exact) mass is 306 g/mol. The molecule has 0 aliphatic rings. The fourth-order valence-corrected chi connectivity index (χ4v) is 2.07. The summed E-state index contributed by atoms with van der Waals surface area (Å²) in [4.78, 5) is 1.25. The van der Waals surface area contributed by atoms with E-state index in [9.17, 15) is 0 Å². The van der Waals surface area contributed by atoms with E-state index in [1.807, 2.05) is 6.07 Å². The predicted octanol–water partition coefficient (Wildman–Crippen LogP) is 2.65. The van der Waals surface area contributed by atoms with Gasteiger partial charge in [-0.05, 0) is 17.7 Å². The molecule has 70 valence electrons. The van der Waals surface area contributed by atoms with E-state index in [4.69, 9.17) is 5.73 Å². The van der Waals surface area contributed by atoms with Crippen LogP contribution in [0.25, 0.3) is 0 Å². The lowest BCUT2D eigenvalue weighted by Crippen LogP contribution is -2.17. The number of halogens is 1. The van der Waals surface area contributed by atoms with Crippen LogP contribution >= 0.6 is 30.1 Å². The molecule has 13 heavy (non-hydrogen) atoms. The third-order valence-corrected chi connectivity index (χ3v) is 3.46. The van der Waals surface area contributed by atoms with E-state index in [0.717, 1.165) is 6.54 Å². The third-order valence-electron chi connectivity index (χ3n) is 1.51. The minimum absolute atomic E-state index is 0.507. The Morgan fingerprint density at radius 1 is 1.62 bits per heavy atom. The largest absolute Gasteiger partial charge is 0.386 e. The minimum Gasteiger partial charge on any atom is -0.386 e. The summed E-state index contributed by atoms with van der Waals surface area (Å²) in [5.41, 5.74) is 6.61. The van der Waals surface area contributed by atoms with Crippen LogP contribution in [-0.2, 0) is 6.54 Å². The van der Waals surface area contributed by atoms with Gasteiger partial charge in [0.25, 0.3) is 0 Å². The number of rotatable bonds is 4. The first-order valence-corrected chi connectivity index (χ1v) is 7.14. The molecule has 0 aliphatic heterocycles. The van der Waals surface area contributed by atoms with Gasteiger partial charge in [-0.2, -0.15) is 0 Å². The predicted molar refractivity (Wildman–Crippen MR) is 66.5 cm³/mol. The maximum absolute atomic E-state index is 5.40. The van der Waals surface area contributed by atoms with Gasteiger partial charge in [-0.15, -0.1) is 0 Å². The van der Waals surface area contributed by atoms with Crippen molar-refractivity contribution in [3.05, 3.63) is 42.2 Å². The van der Waals surface area contributed by atoms with Crippen molar-refractivity contribution in [2.45, 2.75) is 11.4 Å². The molecule has 0 atom stereocenters. The molecular weight excluding hydrogens is 295 g/mol. The van der Waals surface area contributed by atoms with Crippen molar-refractivity contribution < 1.29 is 0 Å². The zero-order valence-electron chi connectivity index (χ0n) is 7.09. The second kappa shape index (κ2) is 5.39. The Morgan fingerprint density at radius 3 is 3.00 bits per heavy atom. The molecule has 1 aromatic rings. The van der Waals surface area contributed by atoms with Crippen LogP contribution in [0.15, 0.2) is 41.6 Å². The molecule has 0 heterocycles. The summed E-state index contributed by atoms with van der Waals surface area (Å²) in [5.74, 6) is 0.507. The third kappa shape index (κ3) is 3.91. The first-order valence-electron chi connectivity index (χ1n) is 3.78. The molecule has 0 fully saturated rings. The van der Waals surface area contributed by atoms with Gasteiger partial charge in [0.1, 0.15) is 0 Å². The maximum Gasteiger partial charge on any atom is 0.0888 e. The molecule has 0 aromatic heterocycles. The Hall–Kier alpha value is -0.360. The molecule has 1 rings (SSSR count). The van der Waals surface area contributed by atoms with Gasteiger partial charge in [0.05, 0.1) is 5.82 Å². The summed E-state index contributed by atoms with van der Waals surface area (Å²) < 4.78 is 0. The molecule has 0 unspecified atom stereocenters. The molecule has 0 aliphatic carbocycles. The van der Waals surface area contributed by atoms with Gasteiger partial charge >= 0.3 is 0 Å². The molecular formula is C9H11IN2S. The lowest BCUT2D eigenvalue weighted by Gasteiger charge is -2.05. The van der Waals surface area contributed by atoms with Crippen molar-refractivity contribution in [2.24, 2.45) is 5.73 Å². The first-order chi connectivity index (χ1) is 6.22. The highest BCUT2D eigenvalue weighted by Crippen LogP contribution is 2.25. The molecule has 0 saturated heterocycles. The second-order valence-electron chi connectivity index (χ2n) is 2.60. The molecule has 1 aromatic carbocycles. The van der Waals surface area contributed by atoms with E-state index in [1.54, 1.807) is 8.93 Å². The highest BCUT2D eigenvalue weighted by Gasteiger charge is 1.94. The van der Waals surface area contributed by atoms with Crippen molar-refractivity contribution in [2.75, 3.05) is 0 Å². The Balaban J connectivity index is 2.61. The molecule has 0 bridgehead atoms. The van der Waals surface area contributed by atoms with Gasteiger partial charge in [0.15, 0.2) is 0 Å². The van der Waals surface area contributed by atoms with Gasteiger partial charge in [-0.3, -0.25) is 0 Å². The van der Waals surface area contributed by atoms with Crippen molar-refractivity contribution in [3.63, 3.8) is 0 Å². The topological polar surface area (TPSA) is 38.0 Å². The number of hydrogen-bond donors (Lipinski definition) is 2. The fraction of sp³-hybridized carbons (Fsp3) is 0.111. The summed E-state index contributed by atoms with van der Waals surface area (Å²) in [6.45, 7) is 4.31. The van der Waals surface area contributed by atoms with E-state index in [-0.39, 0.29) is 0 Å². The smallest absolute Gasteiger partial charge is 0.0888 e. The van der Waals surface area contributed by atoms with Gasteiger partial charge < -0.3 is 11.1 Å². The lowest BCUT2D eigenvalue weighted by atomic mass is 10.2. The number of benzene rings is 1. The Bertz CT molecular complexity index is 301. The van der Waals surface area contributed by atoms with Gasteiger partial charge in [0, 0.05) is 32.6 Å². The van der Waals surface area contributed by atoms with Crippen LogP contribution in [0.1, 0.15) is 5.56 Å². The van der Waals surface area contributed by atoms with E-state index < -0.39 is 0 Å². The molecule has 0 spiro atoms. The quantitative estimate of drug-likeness (QED) is 0.840. The van der Waals surface area contributed by atoms with E-state index in [2.05, 4.69) is 51.3 Å². The summed E-state index contributed by atoms with van der Waals surface area (Å²) >= 11 is 2.27. The molecule has 3 N–H and O–H groups in total. The maximum atomic E-state index is 5.40. The summed E-state index contributed by atoms with van der Waals surface area (Å²) in [6, 6.07) is 8.31. The molecule has 4 heteroatoms. The molecule has 0 saturated carbocycles. The highest BCUT2D eigenvalue weighted by atomic mass is 127. The van der Waals surface area contributed by atoms with Crippen molar-refractivity contribution in [1.29, 1.82) is 0 Å². The van der Waals surface area contributed by atoms with Crippen LogP contribution in [0.2, 0.25) is 0 Å². The number of nitrogens with two attached hydrogens (primary N) is 1. The van der Waals surface area contributed by atoms with Crippen LogP contribution < -0.4 is 11.1 Å². The normalized spacial score (nSPS) is 9.62. The Morgan fingerprint density at radius 2 is 2.38 bits per heavy atom. The first kappa shape index (κ1) is 10.7. The highest BCUT2D eigenvalue weighted by molar-refractivity contribution is 14.2. The zero-order chi connectivity index (χ0) is 9.68. The van der Waals surface area contributed by atoms with Gasteiger partial charge in [-0.25, -0.2) is 0 Å². The van der Waals surface area contributed by atoms with Gasteiger partial charge in [0.2, 0.25) is 0 Å². The summed E-state index contributed by atoms with van der Waals surface area (Å²) in [7, 11) is 1.71. The van der Waals surface area contributed by atoms with Gasteiger partial charge in [-0.1, -0.05) is 27.6 Å². The van der Waals surface area contributed by atoms with E-state index in [0.29, 0.717) is 5.82 Å². The van der Waals surface area contributed by atoms with Crippen LogP contribution in [0.5, 0.6) is 0 Å². The Kier molecular flexibility index (Phi) is 4.44. The van der Waals surface area contributed by atoms with Crippen LogP contribution in [0.3, 0.4) is 0 Å². The average Bonchev–Trinajstić information content (AvgIpc) is 2.15. The number of nitrogens with one attached hydrogen (secondary N) is 1. The SMILES string of the molecule is C=C(N)NCc1cccc(SI)c1. The molecule has 0 radical (unpaired) electrons. The molecule has 2 nitrogen and oxygen atoms in total. The Labute approximate surface area is 94.6 Å². The number of hydrogen-bond acceptors (Lipinski definition) is 3. The summed E-state index contributed by atoms with van der Waals surface area (Å²) in [6.07, 6.45) is 0. The molecule has 0 amide bonds. The van der Waals surface area contributed by atoms with Crippen LogP contribution in [0.4, 0.5) is 0 Å². The van der Waals surface area contributed by atoms with Crippen molar-refractivity contribution in [1.82, 2.24) is 5.32 Å². The zero-order valence-corrected chi connectivity index (χ0v) is 10.1. The van der Waals surface area contributed by atoms with E-state index >= 15 is 0 Å². The fourth-order valence-electron chi connectivity index (χ4n) is 0.919. The van der Waals surface area contributed by atoms with Crippen LogP contribution in [-0.4, -0.2) is 0 Å².